The molecule has 1 aliphatic carbocycles. The maximum Gasteiger partial charge on any atom is 0.0641 e. The van der Waals surface area contributed by atoms with Gasteiger partial charge in [0.25, 0.3) is 0 Å². The normalized spacial score (nSPS) is 23.4. The predicted molar refractivity (Wildman–Crippen MR) is 111 cm³/mol. The van der Waals surface area contributed by atoms with Gasteiger partial charge in [-0.1, -0.05) is 19.3 Å². The fourth-order valence-electron chi connectivity index (χ4n) is 5.12. The molecule has 0 radical (unpaired) electrons. The van der Waals surface area contributed by atoms with Crippen LogP contribution in [0, 0.1) is 19.8 Å². The summed E-state index contributed by atoms with van der Waals surface area (Å²) in [6.07, 6.45) is 7.94. The fraction of sp³-hybridized carbons (Fsp3) is 0.864. The van der Waals surface area contributed by atoms with Crippen molar-refractivity contribution in [3.05, 3.63) is 17.0 Å². The molecule has 27 heavy (non-hydrogen) atoms. The summed E-state index contributed by atoms with van der Waals surface area (Å²) in [5.74, 6) is 0.875. The molecule has 1 aromatic rings. The van der Waals surface area contributed by atoms with Gasteiger partial charge in [-0.25, -0.2) is 0 Å². The molecule has 1 atom stereocenters. The standard InChI is InChI=1S/C22H40N4O/c1-17(2)26-19(4)22(18(3)23-26)16-24-11-12-25(21(15-24)10-13-27)14-20-8-6-5-7-9-20/h17,20-21,27H,5-16H2,1-4H3/t21-/m1/s1. The molecular weight excluding hydrogens is 336 g/mol. The molecule has 0 unspecified atom stereocenters. The minimum absolute atomic E-state index is 0.295. The summed E-state index contributed by atoms with van der Waals surface area (Å²) in [6, 6.07) is 0.901. The molecule has 1 aromatic heterocycles. The van der Waals surface area contributed by atoms with E-state index in [1.54, 1.807) is 0 Å². The van der Waals surface area contributed by atoms with E-state index >= 15 is 0 Å². The zero-order chi connectivity index (χ0) is 19.4. The van der Waals surface area contributed by atoms with Crippen LogP contribution in [0.25, 0.3) is 0 Å². The van der Waals surface area contributed by atoms with Crippen molar-refractivity contribution in [3.63, 3.8) is 0 Å². The van der Waals surface area contributed by atoms with E-state index in [9.17, 15) is 5.11 Å². The summed E-state index contributed by atoms with van der Waals surface area (Å²) in [6.45, 7) is 14.6. The van der Waals surface area contributed by atoms with Crippen LogP contribution >= 0.6 is 0 Å². The van der Waals surface area contributed by atoms with Gasteiger partial charge in [0.1, 0.15) is 0 Å². The minimum atomic E-state index is 0.295. The highest BCUT2D eigenvalue weighted by molar-refractivity contribution is 5.25. The smallest absolute Gasteiger partial charge is 0.0641 e. The Bertz CT molecular complexity index is 591. The summed E-state index contributed by atoms with van der Waals surface area (Å²) in [5, 5.41) is 14.4. The highest BCUT2D eigenvalue weighted by atomic mass is 16.3. The van der Waals surface area contributed by atoms with Gasteiger partial charge < -0.3 is 5.11 Å². The van der Waals surface area contributed by atoms with Gasteiger partial charge in [-0.3, -0.25) is 14.5 Å². The number of aliphatic hydroxyl groups is 1. The van der Waals surface area contributed by atoms with Gasteiger partial charge in [0.2, 0.25) is 0 Å². The van der Waals surface area contributed by atoms with Crippen LogP contribution in [-0.2, 0) is 6.54 Å². The molecule has 1 aliphatic heterocycles. The van der Waals surface area contributed by atoms with E-state index in [-0.39, 0.29) is 0 Å². The Kier molecular flexibility index (Phi) is 7.35. The topological polar surface area (TPSA) is 44.5 Å². The number of nitrogens with zero attached hydrogens (tertiary/aromatic N) is 4. The Labute approximate surface area is 165 Å². The van der Waals surface area contributed by atoms with E-state index in [2.05, 4.69) is 42.2 Å². The Morgan fingerprint density at radius 3 is 2.48 bits per heavy atom. The van der Waals surface area contributed by atoms with Crippen molar-refractivity contribution < 1.29 is 5.11 Å². The van der Waals surface area contributed by atoms with Crippen molar-refractivity contribution in [1.82, 2.24) is 19.6 Å². The lowest BCUT2D eigenvalue weighted by atomic mass is 9.88. The maximum atomic E-state index is 9.61. The van der Waals surface area contributed by atoms with Crippen LogP contribution in [0.4, 0.5) is 0 Å². The molecule has 0 bridgehead atoms. The second kappa shape index (κ2) is 9.53. The number of piperazine rings is 1. The Morgan fingerprint density at radius 2 is 1.85 bits per heavy atom. The fourth-order valence-corrected chi connectivity index (χ4v) is 5.12. The monoisotopic (exact) mass is 376 g/mol. The van der Waals surface area contributed by atoms with E-state index in [0.29, 0.717) is 18.7 Å². The van der Waals surface area contributed by atoms with Crippen LogP contribution in [0.2, 0.25) is 0 Å². The number of hydrogen-bond acceptors (Lipinski definition) is 4. The summed E-state index contributed by atoms with van der Waals surface area (Å²) in [4.78, 5) is 5.26. The van der Waals surface area contributed by atoms with E-state index < -0.39 is 0 Å². The molecule has 2 fully saturated rings. The van der Waals surface area contributed by atoms with Crippen molar-refractivity contribution in [3.8, 4) is 0 Å². The summed E-state index contributed by atoms with van der Waals surface area (Å²) in [7, 11) is 0. The molecule has 2 heterocycles. The molecular formula is C22H40N4O. The number of rotatable bonds is 7. The third kappa shape index (κ3) is 5.12. The highest BCUT2D eigenvalue weighted by Crippen LogP contribution is 2.27. The van der Waals surface area contributed by atoms with Gasteiger partial charge in [0, 0.05) is 62.7 Å². The van der Waals surface area contributed by atoms with E-state index in [1.165, 1.54) is 55.6 Å². The predicted octanol–water partition coefficient (Wildman–Crippen LogP) is 3.53. The van der Waals surface area contributed by atoms with Gasteiger partial charge in [-0.2, -0.15) is 5.10 Å². The minimum Gasteiger partial charge on any atom is -0.396 e. The first kappa shape index (κ1) is 20.8. The molecule has 5 nitrogen and oxygen atoms in total. The van der Waals surface area contributed by atoms with E-state index in [0.717, 1.165) is 38.5 Å². The van der Waals surface area contributed by atoms with Crippen LogP contribution in [0.15, 0.2) is 0 Å². The van der Waals surface area contributed by atoms with Gasteiger partial charge in [0.15, 0.2) is 0 Å². The van der Waals surface area contributed by atoms with Gasteiger partial charge in [0.05, 0.1) is 5.69 Å². The third-order valence-electron chi connectivity index (χ3n) is 6.71. The maximum absolute atomic E-state index is 9.61. The van der Waals surface area contributed by atoms with E-state index in [1.807, 2.05) is 0 Å². The van der Waals surface area contributed by atoms with Crippen LogP contribution in [0.5, 0.6) is 0 Å². The molecule has 0 spiro atoms. The van der Waals surface area contributed by atoms with Crippen molar-refractivity contribution in [2.75, 3.05) is 32.8 Å². The average molecular weight is 377 g/mol. The quantitative estimate of drug-likeness (QED) is 0.791. The average Bonchev–Trinajstić information content (AvgIpc) is 2.93. The summed E-state index contributed by atoms with van der Waals surface area (Å²) >= 11 is 0. The van der Waals surface area contributed by atoms with Crippen LogP contribution in [-0.4, -0.2) is 63.5 Å². The van der Waals surface area contributed by atoms with Crippen LogP contribution < -0.4 is 0 Å². The number of hydrogen-bond donors (Lipinski definition) is 1. The Hall–Kier alpha value is -0.910. The van der Waals surface area contributed by atoms with Crippen molar-refractivity contribution in [2.24, 2.45) is 5.92 Å². The first-order valence-corrected chi connectivity index (χ1v) is 11.1. The molecule has 1 N–H and O–H groups in total. The Morgan fingerprint density at radius 1 is 1.11 bits per heavy atom. The summed E-state index contributed by atoms with van der Waals surface area (Å²) in [5.41, 5.74) is 3.88. The molecule has 0 amide bonds. The lowest BCUT2D eigenvalue weighted by molar-refractivity contribution is 0.0399. The Balaban J connectivity index is 1.62. The molecule has 0 aromatic carbocycles. The molecule has 2 aliphatic rings. The second-order valence-corrected chi connectivity index (χ2v) is 9.09. The number of aliphatic hydroxyl groups excluding tert-OH is 1. The van der Waals surface area contributed by atoms with E-state index in [4.69, 9.17) is 5.10 Å². The van der Waals surface area contributed by atoms with Crippen LogP contribution in [0.1, 0.15) is 75.4 Å². The molecule has 1 saturated carbocycles. The number of aryl methyl sites for hydroxylation is 1. The van der Waals surface area contributed by atoms with Crippen molar-refractivity contribution >= 4 is 0 Å². The molecule has 3 rings (SSSR count). The lowest BCUT2D eigenvalue weighted by Crippen LogP contribution is -2.54. The van der Waals surface area contributed by atoms with Gasteiger partial charge >= 0.3 is 0 Å². The van der Waals surface area contributed by atoms with Crippen LogP contribution in [0.3, 0.4) is 0 Å². The first-order chi connectivity index (χ1) is 13.0. The summed E-state index contributed by atoms with van der Waals surface area (Å²) < 4.78 is 2.16. The highest BCUT2D eigenvalue weighted by Gasteiger charge is 2.29. The van der Waals surface area contributed by atoms with Gasteiger partial charge in [-0.05, 0) is 52.9 Å². The number of aromatic nitrogens is 2. The third-order valence-corrected chi connectivity index (χ3v) is 6.71. The largest absolute Gasteiger partial charge is 0.396 e. The zero-order valence-electron chi connectivity index (χ0n) is 18.0. The molecule has 154 valence electrons. The SMILES string of the molecule is Cc1nn(C(C)C)c(C)c1CN1CCN(CC2CCCCC2)[C@H](CCO)C1. The van der Waals surface area contributed by atoms with Gasteiger partial charge in [-0.15, -0.1) is 0 Å². The second-order valence-electron chi connectivity index (χ2n) is 9.09. The zero-order valence-corrected chi connectivity index (χ0v) is 18.0. The molecule has 1 saturated heterocycles. The first-order valence-electron chi connectivity index (χ1n) is 11.1. The lowest BCUT2D eigenvalue weighted by Gasteiger charge is -2.43. The van der Waals surface area contributed by atoms with Crippen molar-refractivity contribution in [1.29, 1.82) is 0 Å². The van der Waals surface area contributed by atoms with Crippen molar-refractivity contribution in [2.45, 2.75) is 84.8 Å². The molecule has 5 heteroatoms.